The number of ketones is 2. The molecule has 39 heavy (non-hydrogen) atoms. The number of hydrogen-bond acceptors (Lipinski definition) is 9. The van der Waals surface area contributed by atoms with E-state index in [1.54, 1.807) is 26.0 Å². The molecule has 1 heterocycles. The second-order valence-electron chi connectivity index (χ2n) is 9.97. The first-order valence-corrected chi connectivity index (χ1v) is 12.6. The molecule has 11 heteroatoms. The van der Waals surface area contributed by atoms with Crippen molar-refractivity contribution in [3.05, 3.63) is 58.5 Å². The molecule has 2 bridgehead atoms. The van der Waals surface area contributed by atoms with E-state index in [2.05, 4.69) is 5.32 Å². The average molecular weight is 546 g/mol. The van der Waals surface area contributed by atoms with Crippen molar-refractivity contribution in [2.75, 3.05) is 14.2 Å². The third-order valence-corrected chi connectivity index (χ3v) is 6.84. The normalized spacial score (nSPS) is 33.3. The Morgan fingerprint density at radius 1 is 1.13 bits per heavy atom. The van der Waals surface area contributed by atoms with Crippen LogP contribution in [0.2, 0.25) is 0 Å². The summed E-state index contributed by atoms with van der Waals surface area (Å²) < 4.78 is 16.4. The Morgan fingerprint density at radius 3 is 2.38 bits per heavy atom. The van der Waals surface area contributed by atoms with E-state index in [1.165, 1.54) is 33.3 Å². The van der Waals surface area contributed by atoms with Crippen LogP contribution in [-0.2, 0) is 28.6 Å². The number of amides is 2. The third-order valence-electron chi connectivity index (χ3n) is 6.84. The van der Waals surface area contributed by atoms with Crippen molar-refractivity contribution in [3.63, 3.8) is 0 Å². The second-order valence-corrected chi connectivity index (χ2v) is 9.97. The summed E-state index contributed by atoms with van der Waals surface area (Å²) in [6, 6.07) is 0. The predicted octanol–water partition coefficient (Wildman–Crippen LogP) is 1.72. The fourth-order valence-electron chi connectivity index (χ4n) is 4.61. The van der Waals surface area contributed by atoms with Gasteiger partial charge >= 0.3 is 6.09 Å². The zero-order valence-electron chi connectivity index (χ0n) is 23.2. The molecule has 0 aromatic rings. The van der Waals surface area contributed by atoms with Crippen LogP contribution in [0, 0.1) is 11.8 Å². The van der Waals surface area contributed by atoms with Gasteiger partial charge in [0.25, 0.3) is 5.91 Å². The Labute approximate surface area is 228 Å². The van der Waals surface area contributed by atoms with Crippen LogP contribution in [-0.4, -0.2) is 67.3 Å². The number of nitrogens with two attached hydrogens (primary N) is 2. The number of rotatable bonds is 3. The Morgan fingerprint density at radius 2 is 1.79 bits per heavy atom. The van der Waals surface area contributed by atoms with Crippen LogP contribution in [0.15, 0.2) is 58.5 Å². The van der Waals surface area contributed by atoms with E-state index in [4.69, 9.17) is 25.7 Å². The number of allylic oxidation sites excluding steroid dienone is 4. The lowest BCUT2D eigenvalue weighted by Crippen LogP contribution is -2.37. The lowest BCUT2D eigenvalue weighted by atomic mass is 9.85. The summed E-state index contributed by atoms with van der Waals surface area (Å²) in [4.78, 5) is 50.1. The molecule has 0 fully saturated rings. The van der Waals surface area contributed by atoms with Gasteiger partial charge in [-0.2, -0.15) is 0 Å². The van der Waals surface area contributed by atoms with Gasteiger partial charge in [0, 0.05) is 37.4 Å². The van der Waals surface area contributed by atoms with Crippen molar-refractivity contribution < 1.29 is 38.5 Å². The Balaban J connectivity index is 2.58. The van der Waals surface area contributed by atoms with Crippen molar-refractivity contribution in [2.45, 2.75) is 65.0 Å². The quantitative estimate of drug-likeness (QED) is 0.303. The van der Waals surface area contributed by atoms with Gasteiger partial charge in [0.15, 0.2) is 6.10 Å². The smallest absolute Gasteiger partial charge is 0.405 e. The van der Waals surface area contributed by atoms with Gasteiger partial charge in [0.05, 0.1) is 23.6 Å². The minimum absolute atomic E-state index is 0.104. The number of primary amides is 1. The summed E-state index contributed by atoms with van der Waals surface area (Å²) in [5.41, 5.74) is 11.9. The first-order chi connectivity index (χ1) is 18.3. The zero-order valence-corrected chi connectivity index (χ0v) is 23.2. The van der Waals surface area contributed by atoms with Crippen LogP contribution >= 0.6 is 0 Å². The monoisotopic (exact) mass is 545 g/mol. The summed E-state index contributed by atoms with van der Waals surface area (Å²) in [6.07, 6.45) is 3.55. The highest BCUT2D eigenvalue weighted by Crippen LogP contribution is 2.28. The molecular weight excluding hydrogens is 506 g/mol. The molecule has 6 N–H and O–H groups in total. The van der Waals surface area contributed by atoms with Gasteiger partial charge in [-0.1, -0.05) is 38.2 Å². The standard InChI is InChI=1S/C28H39N3O8/c1-14-10-18-23(29)20(32)13-19(25(18)34)31-27(35)15(2)8-7-9-21(37-5)26(39-28(30)36)17(4)12-16(3)24(33)22(11-14)38-6/h7-9,12-14,16,21-22,24,26,33H,10-11,29H2,1-6H3,(H2,30,36)(H,31,35)/b9-7-,15-8+,17-12+/t14-,16+,21+,22+,24-,26+/m1/s1. The molecule has 0 saturated carbocycles. The summed E-state index contributed by atoms with van der Waals surface area (Å²) >= 11 is 0. The van der Waals surface area contributed by atoms with Crippen LogP contribution in [0.3, 0.4) is 0 Å². The Hall–Kier alpha value is -3.54. The van der Waals surface area contributed by atoms with E-state index in [9.17, 15) is 24.3 Å². The molecule has 0 unspecified atom stereocenters. The highest BCUT2D eigenvalue weighted by Gasteiger charge is 2.32. The van der Waals surface area contributed by atoms with Gasteiger partial charge in [-0.3, -0.25) is 14.4 Å². The maximum Gasteiger partial charge on any atom is 0.405 e. The maximum atomic E-state index is 13.2. The number of Topliss-reactive ketones (excluding diaryl/α,β-unsaturated/α-hetero) is 1. The van der Waals surface area contributed by atoms with Gasteiger partial charge < -0.3 is 36.1 Å². The van der Waals surface area contributed by atoms with Gasteiger partial charge in [0.1, 0.15) is 6.10 Å². The van der Waals surface area contributed by atoms with Gasteiger partial charge in [-0.15, -0.1) is 0 Å². The van der Waals surface area contributed by atoms with Crippen molar-refractivity contribution >= 4 is 23.6 Å². The Bertz CT molecular complexity index is 1130. The fraction of sp³-hybridized carbons (Fsp3) is 0.500. The summed E-state index contributed by atoms with van der Waals surface area (Å²) in [7, 11) is 2.90. The zero-order chi connectivity index (χ0) is 29.4. The highest BCUT2D eigenvalue weighted by molar-refractivity contribution is 6.23. The first-order valence-electron chi connectivity index (χ1n) is 12.6. The van der Waals surface area contributed by atoms with Crippen LogP contribution in [0.25, 0.3) is 0 Å². The molecule has 0 spiro atoms. The molecule has 1 aliphatic heterocycles. The van der Waals surface area contributed by atoms with E-state index < -0.39 is 53.9 Å². The SMILES string of the molecule is CO[C@H]1/C=C\C=C(/C)C(=O)NC2=CC(=O)C(N)=C(C[C@@H](C)C[C@H](OC)[C@H](O)[C@@H](C)/C=C(\C)[C@@H]1OC(N)=O)C2=O. The fourth-order valence-corrected chi connectivity index (χ4v) is 4.61. The summed E-state index contributed by atoms with van der Waals surface area (Å²) in [6.45, 7) is 6.89. The second kappa shape index (κ2) is 14.0. The van der Waals surface area contributed by atoms with Crippen molar-refractivity contribution in [1.29, 1.82) is 0 Å². The number of nitrogens with one attached hydrogen (secondary N) is 1. The number of fused-ring (bicyclic) bond motifs is 2. The van der Waals surface area contributed by atoms with Gasteiger partial charge in [0.2, 0.25) is 11.6 Å². The number of methoxy groups -OCH3 is 2. The number of carbonyl (C=O) groups is 4. The van der Waals surface area contributed by atoms with E-state index in [0.717, 1.165) is 6.08 Å². The molecule has 0 saturated heterocycles. The third kappa shape index (κ3) is 8.22. The molecule has 0 aromatic carbocycles. The summed E-state index contributed by atoms with van der Waals surface area (Å²) in [5.74, 6) is -2.37. The van der Waals surface area contributed by atoms with E-state index in [0.29, 0.717) is 12.0 Å². The van der Waals surface area contributed by atoms with E-state index >= 15 is 0 Å². The molecule has 0 radical (unpaired) electrons. The predicted molar refractivity (Wildman–Crippen MR) is 144 cm³/mol. The molecular formula is C28H39N3O8. The molecule has 2 amide bonds. The van der Waals surface area contributed by atoms with Gasteiger partial charge in [-0.25, -0.2) is 4.79 Å². The minimum Gasteiger partial charge on any atom is -0.439 e. The number of aliphatic hydroxyl groups is 1. The molecule has 1 aliphatic carbocycles. The number of carbonyl (C=O) groups excluding carboxylic acids is 4. The van der Waals surface area contributed by atoms with Gasteiger partial charge in [-0.05, 0) is 38.2 Å². The molecule has 2 rings (SSSR count). The number of ether oxygens (including phenoxy) is 3. The molecule has 11 nitrogen and oxygen atoms in total. The summed E-state index contributed by atoms with van der Waals surface area (Å²) in [5, 5.41) is 13.6. The topological polar surface area (TPSA) is 180 Å². The lowest BCUT2D eigenvalue weighted by molar-refractivity contribution is -0.120. The average Bonchev–Trinajstić information content (AvgIpc) is 2.88. The van der Waals surface area contributed by atoms with Crippen LogP contribution in [0.5, 0.6) is 0 Å². The minimum atomic E-state index is -1.00. The highest BCUT2D eigenvalue weighted by atomic mass is 16.6. The van der Waals surface area contributed by atoms with Crippen LogP contribution in [0.1, 0.15) is 40.5 Å². The molecule has 0 aromatic heterocycles. The number of hydrogen-bond donors (Lipinski definition) is 4. The molecule has 214 valence electrons. The molecule has 2 aliphatic rings. The van der Waals surface area contributed by atoms with E-state index in [-0.39, 0.29) is 34.9 Å². The first kappa shape index (κ1) is 31.7. The van der Waals surface area contributed by atoms with Crippen LogP contribution < -0.4 is 16.8 Å². The molecule has 6 atom stereocenters. The number of aliphatic hydroxyl groups excluding tert-OH is 1. The van der Waals surface area contributed by atoms with Crippen molar-refractivity contribution in [2.24, 2.45) is 23.3 Å². The lowest BCUT2D eigenvalue weighted by Gasteiger charge is -2.29. The largest absolute Gasteiger partial charge is 0.439 e. The van der Waals surface area contributed by atoms with Crippen molar-refractivity contribution in [1.82, 2.24) is 5.32 Å². The van der Waals surface area contributed by atoms with Crippen LogP contribution in [0.4, 0.5) is 4.79 Å². The Kier molecular flexibility index (Phi) is 11.4. The maximum absolute atomic E-state index is 13.2. The van der Waals surface area contributed by atoms with Crippen molar-refractivity contribution in [3.8, 4) is 0 Å². The van der Waals surface area contributed by atoms with E-state index in [1.807, 2.05) is 6.92 Å².